The highest BCUT2D eigenvalue weighted by molar-refractivity contribution is 5.85. The Hall–Kier alpha value is -2.73. The molecular formula is C16H13N3. The summed E-state index contributed by atoms with van der Waals surface area (Å²) in [5.41, 5.74) is 10.2. The van der Waals surface area contributed by atoms with Crippen LogP contribution in [-0.4, -0.2) is 4.57 Å². The van der Waals surface area contributed by atoms with Crippen molar-refractivity contribution in [2.75, 3.05) is 5.73 Å². The third-order valence-electron chi connectivity index (χ3n) is 3.34. The summed E-state index contributed by atoms with van der Waals surface area (Å²) in [7, 11) is 0. The summed E-state index contributed by atoms with van der Waals surface area (Å²) in [6.45, 7) is 1.95. The molecule has 3 nitrogen and oxygen atoms in total. The maximum absolute atomic E-state index is 9.33. The fraction of sp³-hybridized carbons (Fsp3) is 0.0625. The summed E-state index contributed by atoms with van der Waals surface area (Å²) in [5.74, 6) is 0. The van der Waals surface area contributed by atoms with Gasteiger partial charge in [0.15, 0.2) is 0 Å². The second-order valence-corrected chi connectivity index (χ2v) is 4.58. The van der Waals surface area contributed by atoms with Crippen LogP contribution in [0.25, 0.3) is 16.6 Å². The highest BCUT2D eigenvalue weighted by Gasteiger charge is 2.09. The normalized spacial score (nSPS) is 10.5. The molecule has 0 spiro atoms. The first kappa shape index (κ1) is 11.4. The van der Waals surface area contributed by atoms with Crippen molar-refractivity contribution < 1.29 is 0 Å². The number of aryl methyl sites for hydroxylation is 1. The van der Waals surface area contributed by atoms with Crippen molar-refractivity contribution in [2.24, 2.45) is 0 Å². The Morgan fingerprint density at radius 3 is 2.79 bits per heavy atom. The summed E-state index contributed by atoms with van der Waals surface area (Å²) in [5, 5.41) is 10.4. The first-order chi connectivity index (χ1) is 9.20. The van der Waals surface area contributed by atoms with Crippen LogP contribution in [0, 0.1) is 18.3 Å². The van der Waals surface area contributed by atoms with Crippen molar-refractivity contribution in [3.05, 3.63) is 59.8 Å². The Balaban J connectivity index is 2.32. The van der Waals surface area contributed by atoms with Gasteiger partial charge >= 0.3 is 0 Å². The Labute approximate surface area is 111 Å². The van der Waals surface area contributed by atoms with Crippen molar-refractivity contribution in [1.29, 1.82) is 5.26 Å². The number of nitrogens with zero attached hydrogens (tertiary/aromatic N) is 2. The number of nitrogens with two attached hydrogens (primary N) is 1. The lowest BCUT2D eigenvalue weighted by molar-refractivity contribution is 1.11. The van der Waals surface area contributed by atoms with Crippen LogP contribution in [0.2, 0.25) is 0 Å². The molecule has 0 aliphatic carbocycles. The Morgan fingerprint density at radius 1 is 1.16 bits per heavy atom. The predicted octanol–water partition coefficient (Wildman–Crippen LogP) is 3.39. The topological polar surface area (TPSA) is 54.7 Å². The molecule has 3 aromatic rings. The minimum absolute atomic E-state index is 0.705. The molecule has 0 amide bonds. The fourth-order valence-corrected chi connectivity index (χ4v) is 2.37. The number of nitriles is 1. The van der Waals surface area contributed by atoms with Gasteiger partial charge in [0.05, 0.1) is 16.8 Å². The van der Waals surface area contributed by atoms with Crippen molar-refractivity contribution in [3.8, 4) is 11.8 Å². The molecule has 2 N–H and O–H groups in total. The lowest BCUT2D eigenvalue weighted by Crippen LogP contribution is -1.97. The van der Waals surface area contributed by atoms with E-state index in [-0.39, 0.29) is 0 Å². The monoisotopic (exact) mass is 247 g/mol. The van der Waals surface area contributed by atoms with E-state index in [9.17, 15) is 5.26 Å². The zero-order chi connectivity index (χ0) is 13.4. The van der Waals surface area contributed by atoms with Crippen molar-refractivity contribution >= 4 is 16.6 Å². The Kier molecular flexibility index (Phi) is 2.50. The third kappa shape index (κ3) is 1.74. The number of hydrogen-bond acceptors (Lipinski definition) is 2. The molecule has 19 heavy (non-hydrogen) atoms. The molecular weight excluding hydrogens is 234 g/mol. The lowest BCUT2D eigenvalue weighted by Gasteiger charge is -2.09. The van der Waals surface area contributed by atoms with Gasteiger partial charge in [-0.15, -0.1) is 0 Å². The van der Waals surface area contributed by atoms with Crippen LogP contribution < -0.4 is 5.73 Å². The summed E-state index contributed by atoms with van der Waals surface area (Å²) >= 11 is 0. The molecule has 0 unspecified atom stereocenters. The van der Waals surface area contributed by atoms with Gasteiger partial charge < -0.3 is 10.3 Å². The summed E-state index contributed by atoms with van der Waals surface area (Å²) in [6.07, 6.45) is 1.97. The third-order valence-corrected chi connectivity index (χ3v) is 3.34. The van der Waals surface area contributed by atoms with E-state index in [1.54, 1.807) is 0 Å². The van der Waals surface area contributed by atoms with Crippen molar-refractivity contribution in [2.45, 2.75) is 6.92 Å². The average molecular weight is 247 g/mol. The van der Waals surface area contributed by atoms with Gasteiger partial charge in [-0.25, -0.2) is 0 Å². The van der Waals surface area contributed by atoms with Gasteiger partial charge in [0.1, 0.15) is 6.07 Å². The average Bonchev–Trinajstić information content (AvgIpc) is 2.81. The van der Waals surface area contributed by atoms with Crippen molar-refractivity contribution in [1.82, 2.24) is 4.57 Å². The van der Waals surface area contributed by atoms with E-state index in [0.29, 0.717) is 5.56 Å². The van der Waals surface area contributed by atoms with Crippen LogP contribution in [0.1, 0.15) is 11.1 Å². The molecule has 2 aromatic carbocycles. The molecule has 92 valence electrons. The van der Waals surface area contributed by atoms with E-state index in [0.717, 1.165) is 27.8 Å². The lowest BCUT2D eigenvalue weighted by atomic mass is 10.1. The minimum atomic E-state index is 0.705. The number of fused-ring (bicyclic) bond motifs is 1. The van der Waals surface area contributed by atoms with Gasteiger partial charge in [-0.3, -0.25) is 0 Å². The number of rotatable bonds is 1. The first-order valence-electron chi connectivity index (χ1n) is 6.07. The molecule has 3 rings (SSSR count). The van der Waals surface area contributed by atoms with Gasteiger partial charge in [0.25, 0.3) is 0 Å². The van der Waals surface area contributed by atoms with E-state index in [4.69, 9.17) is 5.73 Å². The molecule has 0 radical (unpaired) electrons. The maximum Gasteiger partial charge on any atom is 0.102 e. The summed E-state index contributed by atoms with van der Waals surface area (Å²) < 4.78 is 2.03. The number of hydrogen-bond donors (Lipinski definition) is 1. The number of nitrogen functional groups attached to an aromatic ring is 1. The predicted molar refractivity (Wildman–Crippen MR) is 77.1 cm³/mol. The van der Waals surface area contributed by atoms with Crippen LogP contribution in [-0.2, 0) is 0 Å². The largest absolute Gasteiger partial charge is 0.399 e. The van der Waals surface area contributed by atoms with Gasteiger partial charge in [-0.05, 0) is 42.8 Å². The second kappa shape index (κ2) is 4.18. The fourth-order valence-electron chi connectivity index (χ4n) is 2.37. The quantitative estimate of drug-likeness (QED) is 0.670. The van der Waals surface area contributed by atoms with E-state index >= 15 is 0 Å². The zero-order valence-corrected chi connectivity index (χ0v) is 10.6. The highest BCUT2D eigenvalue weighted by Crippen LogP contribution is 2.25. The number of anilines is 1. The molecule has 0 saturated carbocycles. The van der Waals surface area contributed by atoms with Gasteiger partial charge in [-0.2, -0.15) is 5.26 Å². The van der Waals surface area contributed by atoms with Crippen LogP contribution in [0.15, 0.2) is 48.7 Å². The van der Waals surface area contributed by atoms with Crippen LogP contribution in [0.3, 0.4) is 0 Å². The maximum atomic E-state index is 9.33. The van der Waals surface area contributed by atoms with Crippen LogP contribution in [0.4, 0.5) is 5.69 Å². The molecule has 0 fully saturated rings. The smallest absolute Gasteiger partial charge is 0.102 e. The van der Waals surface area contributed by atoms with Crippen LogP contribution >= 0.6 is 0 Å². The Morgan fingerprint density at radius 2 is 2.00 bits per heavy atom. The highest BCUT2D eigenvalue weighted by atomic mass is 15.0. The van der Waals surface area contributed by atoms with E-state index in [1.165, 1.54) is 0 Å². The zero-order valence-electron chi connectivity index (χ0n) is 10.6. The molecule has 1 heterocycles. The molecule has 0 aliphatic heterocycles. The molecule has 1 aromatic heterocycles. The summed E-state index contributed by atoms with van der Waals surface area (Å²) in [4.78, 5) is 0. The standard InChI is InChI=1S/C16H13N3/c1-11-3-2-4-16(14(11)10-17)19-8-7-12-9-13(18)5-6-15(12)19/h2-9H,18H2,1H3. The summed E-state index contributed by atoms with van der Waals surface area (Å²) in [6, 6.07) is 16.0. The molecule has 0 saturated heterocycles. The first-order valence-corrected chi connectivity index (χ1v) is 6.07. The van der Waals surface area contributed by atoms with Crippen molar-refractivity contribution in [3.63, 3.8) is 0 Å². The minimum Gasteiger partial charge on any atom is -0.399 e. The van der Waals surface area contributed by atoms with E-state index in [1.807, 2.05) is 60.2 Å². The van der Waals surface area contributed by atoms with E-state index in [2.05, 4.69) is 6.07 Å². The van der Waals surface area contributed by atoms with Gasteiger partial charge in [0, 0.05) is 17.3 Å². The van der Waals surface area contributed by atoms with Gasteiger partial charge in [-0.1, -0.05) is 12.1 Å². The van der Waals surface area contributed by atoms with Crippen LogP contribution in [0.5, 0.6) is 0 Å². The molecule has 0 atom stereocenters. The number of aromatic nitrogens is 1. The number of benzene rings is 2. The Bertz CT molecular complexity index is 806. The molecule has 0 aliphatic rings. The molecule has 0 bridgehead atoms. The molecule has 3 heteroatoms. The van der Waals surface area contributed by atoms with Gasteiger partial charge in [0.2, 0.25) is 0 Å². The van der Waals surface area contributed by atoms with E-state index < -0.39 is 0 Å². The second-order valence-electron chi connectivity index (χ2n) is 4.58. The SMILES string of the molecule is Cc1cccc(-n2ccc3cc(N)ccc32)c1C#N.